The fraction of sp³-hybridized carbons (Fsp3) is 0.211. The zero-order valence-corrected chi connectivity index (χ0v) is 17.1. The van der Waals surface area contributed by atoms with Crippen LogP contribution in [0, 0.1) is 25.5 Å². The van der Waals surface area contributed by atoms with E-state index in [1.165, 1.54) is 21.5 Å². The van der Waals surface area contributed by atoms with Gasteiger partial charge in [0.2, 0.25) is 0 Å². The molecule has 2 N–H and O–H groups in total. The predicted molar refractivity (Wildman–Crippen MR) is 107 cm³/mol. The van der Waals surface area contributed by atoms with Gasteiger partial charge >= 0.3 is 6.03 Å². The summed E-state index contributed by atoms with van der Waals surface area (Å²) >= 11 is 0. The van der Waals surface area contributed by atoms with Gasteiger partial charge in [-0.2, -0.15) is 9.36 Å². The molecule has 2 heterocycles. The predicted octanol–water partition coefficient (Wildman–Crippen LogP) is 1.53. The van der Waals surface area contributed by atoms with Crippen molar-refractivity contribution in [3.8, 4) is 11.4 Å². The van der Waals surface area contributed by atoms with Crippen LogP contribution in [0.2, 0.25) is 0 Å². The summed E-state index contributed by atoms with van der Waals surface area (Å²) in [6.45, 7) is 3.28. The molecule has 32 heavy (non-hydrogen) atoms. The van der Waals surface area contributed by atoms with Crippen LogP contribution in [0.1, 0.15) is 22.8 Å². The zero-order valence-electron chi connectivity index (χ0n) is 17.1. The van der Waals surface area contributed by atoms with E-state index in [0.717, 1.165) is 0 Å². The Kier molecular flexibility index (Phi) is 5.79. The number of halogens is 2. The van der Waals surface area contributed by atoms with Crippen molar-refractivity contribution in [3.63, 3.8) is 0 Å². The van der Waals surface area contributed by atoms with E-state index in [-0.39, 0.29) is 24.7 Å². The molecule has 0 aliphatic rings. The van der Waals surface area contributed by atoms with Crippen molar-refractivity contribution in [1.82, 2.24) is 51.0 Å². The van der Waals surface area contributed by atoms with Crippen molar-refractivity contribution >= 4 is 6.03 Å². The summed E-state index contributed by atoms with van der Waals surface area (Å²) in [6, 6.07) is 8.66. The summed E-state index contributed by atoms with van der Waals surface area (Å²) in [6.07, 6.45) is 0. The van der Waals surface area contributed by atoms with Crippen LogP contribution in [-0.4, -0.2) is 46.4 Å². The number of nitrogens with zero attached hydrogens (tertiary/aromatic N) is 8. The van der Waals surface area contributed by atoms with E-state index in [9.17, 15) is 13.6 Å². The van der Waals surface area contributed by atoms with E-state index >= 15 is 0 Å². The number of aryl methyl sites for hydroxylation is 2. The Morgan fingerprint density at radius 1 is 0.812 bits per heavy atom. The monoisotopic (exact) mass is 440 g/mol. The molecule has 2 amide bonds. The molecule has 0 fully saturated rings. The smallest absolute Gasteiger partial charge is 0.315 e. The molecule has 0 atom stereocenters. The first-order valence-electron chi connectivity index (χ1n) is 9.51. The summed E-state index contributed by atoms with van der Waals surface area (Å²) in [4.78, 5) is 12.2. The molecule has 13 heteroatoms. The molecule has 2 aromatic carbocycles. The number of carbonyl (C=O) groups excluding carboxylic acids is 1. The normalized spacial score (nSPS) is 10.9. The van der Waals surface area contributed by atoms with Gasteiger partial charge in [-0.3, -0.25) is 0 Å². The molecule has 0 spiro atoms. The molecule has 0 saturated carbocycles. The van der Waals surface area contributed by atoms with Crippen LogP contribution in [0.3, 0.4) is 0 Å². The van der Waals surface area contributed by atoms with Gasteiger partial charge in [-0.15, -0.1) is 10.2 Å². The molecule has 0 radical (unpaired) electrons. The van der Waals surface area contributed by atoms with Gasteiger partial charge in [-0.05, 0) is 70.1 Å². The standard InChI is InChI=1S/C19H18F2N10O/c1-11-3-5-13(7-15(11)20)30-17(24-26-28-30)9-22-19(32)23-10-18-25-27-29-31(18)14-6-4-12(2)16(21)8-14/h3-8H,9-10H2,1-2H3,(H2,22,23,32). The number of tetrazole rings is 2. The first-order chi connectivity index (χ1) is 15.4. The number of carbonyl (C=O) groups is 1. The van der Waals surface area contributed by atoms with Crippen LogP contribution >= 0.6 is 0 Å². The SMILES string of the molecule is Cc1ccc(-n2nnnc2CNC(=O)NCc2nnnn2-c2ccc(C)c(F)c2)cc1F. The number of benzene rings is 2. The Bertz CT molecular complexity index is 1170. The van der Waals surface area contributed by atoms with Crippen LogP contribution in [0.25, 0.3) is 11.4 Å². The zero-order chi connectivity index (χ0) is 22.7. The topological polar surface area (TPSA) is 128 Å². The van der Waals surface area contributed by atoms with E-state index in [2.05, 4.69) is 41.7 Å². The highest BCUT2D eigenvalue weighted by molar-refractivity contribution is 5.73. The van der Waals surface area contributed by atoms with Gasteiger partial charge in [0.05, 0.1) is 24.5 Å². The second kappa shape index (κ2) is 8.83. The Morgan fingerprint density at radius 3 is 1.66 bits per heavy atom. The van der Waals surface area contributed by atoms with Gasteiger partial charge in [-0.1, -0.05) is 12.1 Å². The molecule has 0 unspecified atom stereocenters. The number of amides is 2. The molecule has 164 valence electrons. The minimum atomic E-state index is -0.528. The van der Waals surface area contributed by atoms with Gasteiger partial charge < -0.3 is 10.6 Å². The Hall–Kier alpha value is -4.29. The molecular formula is C19H18F2N10O. The second-order valence-electron chi connectivity index (χ2n) is 6.92. The largest absolute Gasteiger partial charge is 0.331 e. The average molecular weight is 440 g/mol. The van der Waals surface area contributed by atoms with E-state index in [1.807, 2.05) is 0 Å². The Labute approximate surface area is 180 Å². The molecule has 4 rings (SSSR count). The first kappa shape index (κ1) is 21.0. The number of nitrogens with one attached hydrogen (secondary N) is 2. The molecular weight excluding hydrogens is 422 g/mol. The van der Waals surface area contributed by atoms with Gasteiger partial charge in [0, 0.05) is 0 Å². The minimum Gasteiger partial charge on any atom is -0.331 e. The fourth-order valence-corrected chi connectivity index (χ4v) is 2.84. The molecule has 2 aromatic heterocycles. The number of hydrogen-bond acceptors (Lipinski definition) is 7. The van der Waals surface area contributed by atoms with Gasteiger partial charge in [0.1, 0.15) is 11.6 Å². The lowest BCUT2D eigenvalue weighted by molar-refractivity contribution is 0.239. The third-order valence-corrected chi connectivity index (χ3v) is 4.68. The Balaban J connectivity index is 1.37. The first-order valence-corrected chi connectivity index (χ1v) is 9.51. The highest BCUT2D eigenvalue weighted by atomic mass is 19.1. The third kappa shape index (κ3) is 4.40. The van der Waals surface area contributed by atoms with Crippen molar-refractivity contribution in [1.29, 1.82) is 0 Å². The maximum atomic E-state index is 13.8. The number of hydrogen-bond donors (Lipinski definition) is 2. The molecule has 0 saturated heterocycles. The van der Waals surface area contributed by atoms with Crippen LogP contribution < -0.4 is 10.6 Å². The number of rotatable bonds is 6. The average Bonchev–Trinajstić information content (AvgIpc) is 3.44. The molecule has 11 nitrogen and oxygen atoms in total. The molecule has 0 aliphatic carbocycles. The number of aromatic nitrogens is 8. The molecule has 4 aromatic rings. The van der Waals surface area contributed by atoms with E-state index in [4.69, 9.17) is 0 Å². The van der Waals surface area contributed by atoms with Crippen LogP contribution in [-0.2, 0) is 13.1 Å². The van der Waals surface area contributed by atoms with Crippen molar-refractivity contribution < 1.29 is 13.6 Å². The van der Waals surface area contributed by atoms with Crippen LogP contribution in [0.15, 0.2) is 36.4 Å². The summed E-state index contributed by atoms with van der Waals surface area (Å²) in [5, 5.41) is 27.8. The van der Waals surface area contributed by atoms with Gasteiger partial charge in [0.15, 0.2) is 11.6 Å². The number of urea groups is 1. The van der Waals surface area contributed by atoms with E-state index in [0.29, 0.717) is 34.2 Å². The highest BCUT2D eigenvalue weighted by Crippen LogP contribution is 2.14. The van der Waals surface area contributed by atoms with Crippen molar-refractivity contribution in [2.75, 3.05) is 0 Å². The highest BCUT2D eigenvalue weighted by Gasteiger charge is 2.14. The summed E-state index contributed by atoms with van der Waals surface area (Å²) in [5.74, 6) is -0.159. The van der Waals surface area contributed by atoms with Gasteiger partial charge in [0.25, 0.3) is 0 Å². The van der Waals surface area contributed by atoms with Crippen LogP contribution in [0.4, 0.5) is 13.6 Å². The second-order valence-corrected chi connectivity index (χ2v) is 6.92. The van der Waals surface area contributed by atoms with Crippen molar-refractivity contribution in [2.45, 2.75) is 26.9 Å². The minimum absolute atomic E-state index is 0.0115. The molecule has 0 bridgehead atoms. The fourth-order valence-electron chi connectivity index (χ4n) is 2.84. The summed E-state index contributed by atoms with van der Waals surface area (Å²) in [7, 11) is 0. The summed E-state index contributed by atoms with van der Waals surface area (Å²) < 4.78 is 30.4. The molecule has 0 aliphatic heterocycles. The lowest BCUT2D eigenvalue weighted by Gasteiger charge is -2.09. The van der Waals surface area contributed by atoms with Crippen molar-refractivity contribution in [3.05, 3.63) is 70.8 Å². The summed E-state index contributed by atoms with van der Waals surface area (Å²) in [5.41, 5.74) is 1.85. The maximum absolute atomic E-state index is 13.8. The van der Waals surface area contributed by atoms with Crippen LogP contribution in [0.5, 0.6) is 0 Å². The maximum Gasteiger partial charge on any atom is 0.315 e. The van der Waals surface area contributed by atoms with E-state index < -0.39 is 6.03 Å². The third-order valence-electron chi connectivity index (χ3n) is 4.68. The lowest BCUT2D eigenvalue weighted by Crippen LogP contribution is -2.36. The lowest BCUT2D eigenvalue weighted by atomic mass is 10.2. The quantitative estimate of drug-likeness (QED) is 0.465. The Morgan fingerprint density at radius 2 is 1.25 bits per heavy atom. The van der Waals surface area contributed by atoms with Gasteiger partial charge in [-0.25, -0.2) is 13.6 Å². The van der Waals surface area contributed by atoms with E-state index in [1.54, 1.807) is 38.1 Å². The van der Waals surface area contributed by atoms with Crippen molar-refractivity contribution in [2.24, 2.45) is 0 Å².